The largest absolute Gasteiger partial charge is 0.245 e. The van der Waals surface area contributed by atoms with E-state index in [0.717, 1.165) is 10.7 Å². The van der Waals surface area contributed by atoms with Crippen LogP contribution in [0.1, 0.15) is 32.0 Å². The zero-order chi connectivity index (χ0) is 10.8. The molecule has 74 valence electrons. The standard InChI is InChI=1S/C11H14N2S/c1-8-5-6-9(7-12)10(13-8)14-11(2,3)4/h5-6H,1-4H3. The van der Waals surface area contributed by atoms with Gasteiger partial charge in [-0.3, -0.25) is 0 Å². The Balaban J connectivity index is 3.07. The Bertz CT molecular complexity index is 372. The van der Waals surface area contributed by atoms with E-state index in [1.165, 1.54) is 0 Å². The highest BCUT2D eigenvalue weighted by atomic mass is 32.2. The van der Waals surface area contributed by atoms with Gasteiger partial charge in [0.05, 0.1) is 5.56 Å². The molecule has 1 aromatic heterocycles. The molecule has 0 saturated carbocycles. The Morgan fingerprint density at radius 2 is 2.00 bits per heavy atom. The summed E-state index contributed by atoms with van der Waals surface area (Å²) in [6.45, 7) is 8.28. The summed E-state index contributed by atoms with van der Waals surface area (Å²) in [5.41, 5.74) is 1.62. The average Bonchev–Trinajstić information content (AvgIpc) is 2.01. The van der Waals surface area contributed by atoms with Crippen molar-refractivity contribution in [3.05, 3.63) is 23.4 Å². The lowest BCUT2D eigenvalue weighted by Gasteiger charge is -2.17. The minimum atomic E-state index is 0.0897. The molecular formula is C11H14N2S. The van der Waals surface area contributed by atoms with Crippen LogP contribution in [0.4, 0.5) is 0 Å². The molecule has 0 spiro atoms. The summed E-state index contributed by atoms with van der Waals surface area (Å²) in [6.07, 6.45) is 0. The zero-order valence-electron chi connectivity index (χ0n) is 8.96. The van der Waals surface area contributed by atoms with Gasteiger partial charge in [-0.2, -0.15) is 5.26 Å². The smallest absolute Gasteiger partial charge is 0.115 e. The summed E-state index contributed by atoms with van der Waals surface area (Å²) >= 11 is 1.63. The van der Waals surface area contributed by atoms with Crippen LogP contribution in [0.3, 0.4) is 0 Å². The summed E-state index contributed by atoms with van der Waals surface area (Å²) in [7, 11) is 0. The lowest BCUT2D eigenvalue weighted by Crippen LogP contribution is -2.08. The second-order valence-corrected chi connectivity index (χ2v) is 5.95. The van der Waals surface area contributed by atoms with Gasteiger partial charge in [0.2, 0.25) is 0 Å². The number of thioether (sulfide) groups is 1. The lowest BCUT2D eigenvalue weighted by molar-refractivity contribution is 0.798. The van der Waals surface area contributed by atoms with Gasteiger partial charge in [0.25, 0.3) is 0 Å². The number of aryl methyl sites for hydroxylation is 1. The Morgan fingerprint density at radius 3 is 2.50 bits per heavy atom. The maximum atomic E-state index is 8.90. The van der Waals surface area contributed by atoms with Crippen molar-refractivity contribution >= 4 is 11.8 Å². The fraction of sp³-hybridized carbons (Fsp3) is 0.455. The molecule has 0 aromatic carbocycles. The Morgan fingerprint density at radius 1 is 1.36 bits per heavy atom. The molecule has 0 unspecified atom stereocenters. The molecule has 0 aliphatic heterocycles. The number of nitrogens with zero attached hydrogens (tertiary/aromatic N) is 2. The van der Waals surface area contributed by atoms with Crippen molar-refractivity contribution < 1.29 is 0 Å². The van der Waals surface area contributed by atoms with E-state index in [9.17, 15) is 0 Å². The quantitative estimate of drug-likeness (QED) is 0.662. The van der Waals surface area contributed by atoms with Gasteiger partial charge in [-0.15, -0.1) is 0 Å². The normalized spacial score (nSPS) is 11.1. The molecule has 0 saturated heterocycles. The zero-order valence-corrected chi connectivity index (χ0v) is 9.77. The molecule has 0 aliphatic carbocycles. The molecule has 1 heterocycles. The molecule has 3 heteroatoms. The minimum absolute atomic E-state index is 0.0897. The first-order valence-corrected chi connectivity index (χ1v) is 5.31. The average molecular weight is 206 g/mol. The number of hydrogen-bond donors (Lipinski definition) is 0. The van der Waals surface area contributed by atoms with Crippen LogP contribution in [0.25, 0.3) is 0 Å². The molecule has 14 heavy (non-hydrogen) atoms. The van der Waals surface area contributed by atoms with Gasteiger partial charge in [-0.1, -0.05) is 32.5 Å². The molecule has 0 amide bonds. The van der Waals surface area contributed by atoms with E-state index in [0.29, 0.717) is 5.56 Å². The van der Waals surface area contributed by atoms with Gasteiger partial charge in [0.15, 0.2) is 0 Å². The van der Waals surface area contributed by atoms with Crippen LogP contribution in [-0.4, -0.2) is 9.73 Å². The third-order valence-electron chi connectivity index (χ3n) is 1.52. The number of aromatic nitrogens is 1. The summed E-state index contributed by atoms with van der Waals surface area (Å²) in [6, 6.07) is 5.86. The SMILES string of the molecule is Cc1ccc(C#N)c(SC(C)(C)C)n1. The number of rotatable bonds is 1. The maximum absolute atomic E-state index is 8.90. The van der Waals surface area contributed by atoms with E-state index >= 15 is 0 Å². The van der Waals surface area contributed by atoms with Crippen molar-refractivity contribution in [1.29, 1.82) is 5.26 Å². The van der Waals surface area contributed by atoms with Gasteiger partial charge in [-0.05, 0) is 19.1 Å². The highest BCUT2D eigenvalue weighted by Gasteiger charge is 2.16. The summed E-state index contributed by atoms with van der Waals surface area (Å²) in [5, 5.41) is 9.74. The maximum Gasteiger partial charge on any atom is 0.115 e. The number of nitriles is 1. The molecular weight excluding hydrogens is 192 g/mol. The van der Waals surface area contributed by atoms with Gasteiger partial charge in [-0.25, -0.2) is 4.98 Å². The highest BCUT2D eigenvalue weighted by Crippen LogP contribution is 2.32. The van der Waals surface area contributed by atoms with Crippen molar-refractivity contribution in [2.75, 3.05) is 0 Å². The highest BCUT2D eigenvalue weighted by molar-refractivity contribution is 8.00. The van der Waals surface area contributed by atoms with Crippen LogP contribution in [0.2, 0.25) is 0 Å². The third kappa shape index (κ3) is 3.04. The van der Waals surface area contributed by atoms with Gasteiger partial charge in [0, 0.05) is 10.4 Å². The summed E-state index contributed by atoms with van der Waals surface area (Å²) in [4.78, 5) is 4.37. The summed E-state index contributed by atoms with van der Waals surface area (Å²) < 4.78 is 0.0897. The second-order valence-electron chi connectivity index (χ2n) is 4.13. The molecule has 1 rings (SSSR count). The minimum Gasteiger partial charge on any atom is -0.245 e. The van der Waals surface area contributed by atoms with E-state index < -0.39 is 0 Å². The van der Waals surface area contributed by atoms with Gasteiger partial charge >= 0.3 is 0 Å². The van der Waals surface area contributed by atoms with Gasteiger partial charge < -0.3 is 0 Å². The molecule has 1 aromatic rings. The number of pyridine rings is 1. The molecule has 0 N–H and O–H groups in total. The molecule has 0 atom stereocenters. The Kier molecular flexibility index (Phi) is 3.17. The third-order valence-corrected chi connectivity index (χ3v) is 2.64. The Labute approximate surface area is 89.4 Å². The first kappa shape index (κ1) is 11.1. The van der Waals surface area contributed by atoms with E-state index in [-0.39, 0.29) is 4.75 Å². The molecule has 0 bridgehead atoms. The first-order chi connectivity index (χ1) is 6.42. The second kappa shape index (κ2) is 4.02. The van der Waals surface area contributed by atoms with Crippen LogP contribution in [0.5, 0.6) is 0 Å². The monoisotopic (exact) mass is 206 g/mol. The fourth-order valence-electron chi connectivity index (χ4n) is 0.986. The first-order valence-electron chi connectivity index (χ1n) is 4.49. The topological polar surface area (TPSA) is 36.7 Å². The molecule has 0 radical (unpaired) electrons. The van der Waals surface area contributed by atoms with E-state index in [2.05, 4.69) is 31.8 Å². The molecule has 2 nitrogen and oxygen atoms in total. The van der Waals surface area contributed by atoms with Crippen molar-refractivity contribution in [2.45, 2.75) is 37.5 Å². The van der Waals surface area contributed by atoms with E-state index in [1.807, 2.05) is 19.1 Å². The Hall–Kier alpha value is -1.01. The van der Waals surface area contributed by atoms with E-state index in [1.54, 1.807) is 11.8 Å². The predicted octanol–water partition coefficient (Wildman–Crippen LogP) is 3.15. The van der Waals surface area contributed by atoms with Crippen molar-refractivity contribution in [1.82, 2.24) is 4.98 Å². The van der Waals surface area contributed by atoms with Crippen LogP contribution in [-0.2, 0) is 0 Å². The lowest BCUT2D eigenvalue weighted by atomic mass is 10.2. The van der Waals surface area contributed by atoms with Crippen molar-refractivity contribution in [3.63, 3.8) is 0 Å². The predicted molar refractivity (Wildman–Crippen MR) is 59.3 cm³/mol. The summed E-state index contributed by atoms with van der Waals surface area (Å²) in [5.74, 6) is 0. The number of hydrogen-bond acceptors (Lipinski definition) is 3. The van der Waals surface area contributed by atoms with Crippen molar-refractivity contribution in [2.24, 2.45) is 0 Å². The van der Waals surface area contributed by atoms with Crippen LogP contribution >= 0.6 is 11.8 Å². The van der Waals surface area contributed by atoms with Gasteiger partial charge in [0.1, 0.15) is 11.1 Å². The molecule has 0 fully saturated rings. The van der Waals surface area contributed by atoms with Crippen molar-refractivity contribution in [3.8, 4) is 6.07 Å². The van der Waals surface area contributed by atoms with Crippen LogP contribution < -0.4 is 0 Å². The van der Waals surface area contributed by atoms with E-state index in [4.69, 9.17) is 5.26 Å². The van der Waals surface area contributed by atoms with Crippen LogP contribution in [0.15, 0.2) is 17.2 Å². The fourth-order valence-corrected chi connectivity index (χ4v) is 1.98. The van der Waals surface area contributed by atoms with Crippen LogP contribution in [0, 0.1) is 18.3 Å². The molecule has 0 aliphatic rings.